The summed E-state index contributed by atoms with van der Waals surface area (Å²) < 4.78 is 7.77. The van der Waals surface area contributed by atoms with Crippen LogP contribution in [0.3, 0.4) is 0 Å². The van der Waals surface area contributed by atoms with E-state index in [0.29, 0.717) is 23.7 Å². The van der Waals surface area contributed by atoms with Gasteiger partial charge in [-0.15, -0.1) is 0 Å². The molecular weight excluding hydrogens is 338 g/mol. The second-order valence-corrected chi connectivity index (χ2v) is 7.06. The summed E-state index contributed by atoms with van der Waals surface area (Å²) in [5.41, 5.74) is 1.54. The average Bonchev–Trinajstić information content (AvgIpc) is 3.06. The molecule has 1 atom stereocenters. The third-order valence-corrected chi connectivity index (χ3v) is 5.13. The third-order valence-electron chi connectivity index (χ3n) is 4.89. The van der Waals surface area contributed by atoms with Gasteiger partial charge in [0.1, 0.15) is 18.2 Å². The molecule has 0 bridgehead atoms. The minimum absolute atomic E-state index is 0.0459. The van der Waals surface area contributed by atoms with E-state index in [0.717, 1.165) is 36.5 Å². The highest BCUT2D eigenvalue weighted by Crippen LogP contribution is 2.31. The quantitative estimate of drug-likeness (QED) is 0.828. The van der Waals surface area contributed by atoms with Crippen LogP contribution in [0.15, 0.2) is 36.2 Å². The van der Waals surface area contributed by atoms with Crippen LogP contribution in [0.25, 0.3) is 6.08 Å². The minimum Gasteiger partial charge on any atom is -0.488 e. The summed E-state index contributed by atoms with van der Waals surface area (Å²) in [5.74, 6) is 2.14. The van der Waals surface area contributed by atoms with E-state index in [1.54, 1.807) is 6.07 Å². The summed E-state index contributed by atoms with van der Waals surface area (Å²) >= 11 is 6.05. The van der Waals surface area contributed by atoms with Crippen molar-refractivity contribution in [1.29, 1.82) is 0 Å². The lowest BCUT2D eigenvalue weighted by Gasteiger charge is -2.33. The van der Waals surface area contributed by atoms with Gasteiger partial charge < -0.3 is 14.2 Å². The lowest BCUT2D eigenvalue weighted by Crippen LogP contribution is -2.41. The van der Waals surface area contributed by atoms with E-state index in [9.17, 15) is 4.79 Å². The molecule has 2 aromatic rings. The molecule has 5 nitrogen and oxygen atoms in total. The lowest BCUT2D eigenvalue weighted by atomic mass is 9.96. The van der Waals surface area contributed by atoms with Gasteiger partial charge in [-0.1, -0.05) is 11.6 Å². The second-order valence-electron chi connectivity index (χ2n) is 6.63. The molecule has 1 aromatic carbocycles. The predicted octanol–water partition coefficient (Wildman–Crippen LogP) is 3.26. The monoisotopic (exact) mass is 357 g/mol. The Bertz CT molecular complexity index is 843. The van der Waals surface area contributed by atoms with Crippen LogP contribution >= 0.6 is 11.6 Å². The number of rotatable bonds is 2. The third kappa shape index (κ3) is 3.16. The fourth-order valence-electron chi connectivity index (χ4n) is 3.62. The number of piperidine rings is 1. The fraction of sp³-hybridized carbons (Fsp3) is 0.368. The first kappa shape index (κ1) is 16.2. The Morgan fingerprint density at radius 1 is 1.40 bits per heavy atom. The molecule has 0 N–H and O–H groups in total. The minimum atomic E-state index is 0.0459. The van der Waals surface area contributed by atoms with Crippen molar-refractivity contribution < 1.29 is 9.53 Å². The van der Waals surface area contributed by atoms with Crippen molar-refractivity contribution in [2.75, 3.05) is 19.7 Å². The molecule has 130 valence electrons. The number of benzene rings is 1. The molecule has 1 amide bonds. The van der Waals surface area contributed by atoms with Crippen molar-refractivity contribution in [3.05, 3.63) is 52.6 Å². The number of imidazole rings is 1. The number of fused-ring (bicyclic) bond motifs is 1. The number of aromatic nitrogens is 2. The molecule has 6 heteroatoms. The number of ether oxygens (including phenoxy) is 1. The first-order valence-electron chi connectivity index (χ1n) is 8.51. The highest BCUT2D eigenvalue weighted by Gasteiger charge is 2.29. The van der Waals surface area contributed by atoms with Crippen molar-refractivity contribution in [3.63, 3.8) is 0 Å². The maximum Gasteiger partial charge on any atom is 0.253 e. The standard InChI is InChI=1S/C19H20ClN3O2/c1-22-8-6-21-18(22)13-3-2-7-23(11-13)19(24)15-9-14-10-16(20)4-5-17(14)25-12-15/h4-6,8-10,13H,2-3,7,11-12H2,1H3. The molecule has 2 aliphatic heterocycles. The molecule has 0 radical (unpaired) electrons. The van der Waals surface area contributed by atoms with Crippen LogP contribution in [0.2, 0.25) is 5.02 Å². The van der Waals surface area contributed by atoms with Gasteiger partial charge in [-0.3, -0.25) is 4.79 Å². The Morgan fingerprint density at radius 3 is 3.08 bits per heavy atom. The molecule has 0 saturated carbocycles. The molecule has 25 heavy (non-hydrogen) atoms. The SMILES string of the molecule is Cn1ccnc1C1CCCN(C(=O)C2=Cc3cc(Cl)ccc3OC2)C1. The van der Waals surface area contributed by atoms with Gasteiger partial charge in [0.15, 0.2) is 0 Å². The zero-order valence-corrected chi connectivity index (χ0v) is 14.9. The molecule has 1 unspecified atom stereocenters. The number of hydrogen-bond donors (Lipinski definition) is 0. The van der Waals surface area contributed by atoms with Crippen LogP contribution in [-0.2, 0) is 11.8 Å². The van der Waals surface area contributed by atoms with E-state index in [4.69, 9.17) is 16.3 Å². The van der Waals surface area contributed by atoms with Crippen LogP contribution in [-0.4, -0.2) is 40.1 Å². The Kier molecular flexibility index (Phi) is 4.25. The number of aryl methyl sites for hydroxylation is 1. The number of likely N-dealkylation sites (tertiary alicyclic amines) is 1. The van der Waals surface area contributed by atoms with Crippen molar-refractivity contribution >= 4 is 23.6 Å². The van der Waals surface area contributed by atoms with Crippen molar-refractivity contribution in [2.24, 2.45) is 7.05 Å². The number of amides is 1. The Morgan fingerprint density at radius 2 is 2.28 bits per heavy atom. The molecule has 3 heterocycles. The molecule has 1 fully saturated rings. The number of carbonyl (C=O) groups is 1. The Labute approximate surface area is 151 Å². The summed E-state index contributed by atoms with van der Waals surface area (Å²) in [6.07, 6.45) is 7.71. The summed E-state index contributed by atoms with van der Waals surface area (Å²) in [6.45, 7) is 1.78. The van der Waals surface area contributed by atoms with Gasteiger partial charge in [0.2, 0.25) is 0 Å². The topological polar surface area (TPSA) is 47.4 Å². The lowest BCUT2D eigenvalue weighted by molar-refractivity contribution is -0.128. The zero-order valence-electron chi connectivity index (χ0n) is 14.1. The highest BCUT2D eigenvalue weighted by atomic mass is 35.5. The molecule has 1 aromatic heterocycles. The average molecular weight is 358 g/mol. The van der Waals surface area contributed by atoms with Gasteiger partial charge in [-0.2, -0.15) is 0 Å². The second kappa shape index (κ2) is 6.56. The summed E-state index contributed by atoms with van der Waals surface area (Å²) in [4.78, 5) is 19.3. The summed E-state index contributed by atoms with van der Waals surface area (Å²) in [5, 5.41) is 0.639. The summed E-state index contributed by atoms with van der Waals surface area (Å²) in [6, 6.07) is 5.47. The smallest absolute Gasteiger partial charge is 0.253 e. The normalized spacial score (nSPS) is 19.8. The van der Waals surface area contributed by atoms with Crippen LogP contribution in [0.1, 0.15) is 30.1 Å². The first-order chi connectivity index (χ1) is 12.1. The van der Waals surface area contributed by atoms with Gasteiger partial charge in [0.05, 0.1) is 5.57 Å². The van der Waals surface area contributed by atoms with E-state index in [1.807, 2.05) is 47.1 Å². The number of carbonyl (C=O) groups excluding carboxylic acids is 1. The molecule has 0 aliphatic carbocycles. The first-order valence-corrected chi connectivity index (χ1v) is 8.89. The molecule has 1 saturated heterocycles. The van der Waals surface area contributed by atoms with Gasteiger partial charge in [0, 0.05) is 49.0 Å². The number of nitrogens with zero attached hydrogens (tertiary/aromatic N) is 3. The number of halogens is 1. The van der Waals surface area contributed by atoms with E-state index < -0.39 is 0 Å². The largest absolute Gasteiger partial charge is 0.488 e. The Balaban J connectivity index is 1.54. The van der Waals surface area contributed by atoms with E-state index in [1.165, 1.54) is 0 Å². The van der Waals surface area contributed by atoms with Crippen LogP contribution in [0.5, 0.6) is 5.75 Å². The van der Waals surface area contributed by atoms with Crippen molar-refractivity contribution in [1.82, 2.24) is 14.5 Å². The molecule has 0 spiro atoms. The van der Waals surface area contributed by atoms with Gasteiger partial charge in [0.25, 0.3) is 5.91 Å². The molecular formula is C19H20ClN3O2. The van der Waals surface area contributed by atoms with Crippen molar-refractivity contribution in [3.8, 4) is 5.75 Å². The zero-order chi connectivity index (χ0) is 17.4. The molecule has 4 rings (SSSR count). The van der Waals surface area contributed by atoms with Gasteiger partial charge in [-0.05, 0) is 37.1 Å². The van der Waals surface area contributed by atoms with Crippen LogP contribution < -0.4 is 4.74 Å². The fourth-order valence-corrected chi connectivity index (χ4v) is 3.80. The maximum absolute atomic E-state index is 13.0. The highest BCUT2D eigenvalue weighted by molar-refractivity contribution is 6.30. The molecule has 2 aliphatic rings. The van der Waals surface area contributed by atoms with Crippen LogP contribution in [0, 0.1) is 0 Å². The van der Waals surface area contributed by atoms with E-state index in [2.05, 4.69) is 4.98 Å². The Hall–Kier alpha value is -2.27. The van der Waals surface area contributed by atoms with Crippen molar-refractivity contribution in [2.45, 2.75) is 18.8 Å². The van der Waals surface area contributed by atoms with Gasteiger partial charge >= 0.3 is 0 Å². The summed E-state index contributed by atoms with van der Waals surface area (Å²) in [7, 11) is 2.00. The van der Waals surface area contributed by atoms with E-state index in [-0.39, 0.29) is 11.8 Å². The number of hydrogen-bond acceptors (Lipinski definition) is 3. The predicted molar refractivity (Wildman–Crippen MR) is 96.7 cm³/mol. The van der Waals surface area contributed by atoms with E-state index >= 15 is 0 Å². The maximum atomic E-state index is 13.0. The van der Waals surface area contributed by atoms with Crippen LogP contribution in [0.4, 0.5) is 0 Å². The van der Waals surface area contributed by atoms with Gasteiger partial charge in [-0.25, -0.2) is 4.98 Å².